The largest absolute Gasteiger partial charge is 0.322 e. The molecule has 0 aliphatic carbocycles. The van der Waals surface area contributed by atoms with Crippen molar-refractivity contribution in [2.45, 2.75) is 12.1 Å². The zero-order valence-corrected chi connectivity index (χ0v) is 13.8. The molecule has 1 heterocycles. The average Bonchev–Trinajstić information content (AvgIpc) is 2.95. The molecule has 1 aliphatic heterocycles. The van der Waals surface area contributed by atoms with E-state index in [2.05, 4.69) is 10.6 Å². The summed E-state index contributed by atoms with van der Waals surface area (Å²) in [6.45, 7) is 1.05. The normalized spacial score (nSPS) is 19.9. The first kappa shape index (κ1) is 17.7. The van der Waals surface area contributed by atoms with Crippen molar-refractivity contribution in [3.8, 4) is 0 Å². The van der Waals surface area contributed by atoms with Crippen molar-refractivity contribution in [2.24, 2.45) is 0 Å². The molecule has 2 atom stereocenters. The van der Waals surface area contributed by atoms with E-state index in [9.17, 15) is 9.18 Å². The quantitative estimate of drug-likeness (QED) is 0.873. The maximum Gasteiger partial charge on any atom is 0.255 e. The zero-order chi connectivity index (χ0) is 15.5. The highest BCUT2D eigenvalue weighted by atomic mass is 35.5. The fourth-order valence-electron chi connectivity index (χ4n) is 2.59. The van der Waals surface area contributed by atoms with Gasteiger partial charge < -0.3 is 10.6 Å². The molecule has 0 aromatic heterocycles. The lowest BCUT2D eigenvalue weighted by atomic mass is 9.97. The van der Waals surface area contributed by atoms with Crippen LogP contribution in [0.1, 0.15) is 21.8 Å². The van der Waals surface area contributed by atoms with Gasteiger partial charge in [-0.15, -0.1) is 12.4 Å². The van der Waals surface area contributed by atoms with E-state index in [1.165, 1.54) is 0 Å². The van der Waals surface area contributed by atoms with Gasteiger partial charge in [-0.05, 0) is 42.0 Å². The van der Waals surface area contributed by atoms with Crippen LogP contribution in [0.15, 0.2) is 48.5 Å². The third-order valence-electron chi connectivity index (χ3n) is 3.84. The van der Waals surface area contributed by atoms with E-state index >= 15 is 0 Å². The molecule has 1 amide bonds. The van der Waals surface area contributed by atoms with Crippen LogP contribution >= 0.6 is 24.0 Å². The summed E-state index contributed by atoms with van der Waals surface area (Å²) in [5.41, 5.74) is 2.17. The molecule has 3 nitrogen and oxygen atoms in total. The van der Waals surface area contributed by atoms with Gasteiger partial charge in [-0.3, -0.25) is 4.79 Å². The van der Waals surface area contributed by atoms with Crippen LogP contribution in [0, 0.1) is 0 Å². The first-order chi connectivity index (χ1) is 10.6. The first-order valence-electron chi connectivity index (χ1n) is 7.15. The predicted octanol–water partition coefficient (Wildman–Crippen LogP) is 4.04. The SMILES string of the molecule is Cl.O=C(Nc1ccc(C2CNCC2F)cc1)c1ccc(Cl)cc1. The van der Waals surface area contributed by atoms with Crippen LogP contribution < -0.4 is 10.6 Å². The third-order valence-corrected chi connectivity index (χ3v) is 4.10. The molecule has 23 heavy (non-hydrogen) atoms. The van der Waals surface area contributed by atoms with Gasteiger partial charge in [0.1, 0.15) is 6.17 Å². The van der Waals surface area contributed by atoms with E-state index in [0.29, 0.717) is 29.4 Å². The zero-order valence-electron chi connectivity index (χ0n) is 12.3. The Morgan fingerprint density at radius 1 is 1.09 bits per heavy atom. The summed E-state index contributed by atoms with van der Waals surface area (Å²) in [7, 11) is 0. The molecule has 122 valence electrons. The Morgan fingerprint density at radius 3 is 2.30 bits per heavy atom. The topological polar surface area (TPSA) is 41.1 Å². The molecule has 2 unspecified atom stereocenters. The number of rotatable bonds is 3. The van der Waals surface area contributed by atoms with E-state index < -0.39 is 6.17 Å². The Kier molecular flexibility index (Phi) is 5.99. The van der Waals surface area contributed by atoms with E-state index in [-0.39, 0.29) is 24.2 Å². The number of amides is 1. The summed E-state index contributed by atoms with van der Waals surface area (Å²) in [6, 6.07) is 14.0. The van der Waals surface area contributed by atoms with Gasteiger partial charge in [0.15, 0.2) is 0 Å². The predicted molar refractivity (Wildman–Crippen MR) is 93.6 cm³/mol. The molecule has 1 fully saturated rings. The molecule has 3 rings (SSSR count). The first-order valence-corrected chi connectivity index (χ1v) is 7.53. The lowest BCUT2D eigenvalue weighted by Gasteiger charge is -2.13. The number of carbonyl (C=O) groups excluding carboxylic acids is 1. The number of hydrogen-bond acceptors (Lipinski definition) is 2. The summed E-state index contributed by atoms with van der Waals surface area (Å²) >= 11 is 5.80. The second kappa shape index (κ2) is 7.77. The van der Waals surface area contributed by atoms with Crippen molar-refractivity contribution in [1.29, 1.82) is 0 Å². The van der Waals surface area contributed by atoms with Crippen LogP contribution in [0.4, 0.5) is 10.1 Å². The van der Waals surface area contributed by atoms with Crippen molar-refractivity contribution in [1.82, 2.24) is 5.32 Å². The summed E-state index contributed by atoms with van der Waals surface area (Å²) in [5.74, 6) is -0.309. The molecule has 0 bridgehead atoms. The lowest BCUT2D eigenvalue weighted by molar-refractivity contribution is 0.102. The van der Waals surface area contributed by atoms with E-state index in [1.807, 2.05) is 12.1 Å². The van der Waals surface area contributed by atoms with Crippen LogP contribution in [-0.4, -0.2) is 25.2 Å². The van der Waals surface area contributed by atoms with Crippen LogP contribution in [0.2, 0.25) is 5.02 Å². The number of nitrogens with one attached hydrogen (secondary N) is 2. The average molecular weight is 355 g/mol. The highest BCUT2D eigenvalue weighted by molar-refractivity contribution is 6.30. The molecule has 0 spiro atoms. The standard InChI is InChI=1S/C17H16ClFN2O.ClH/c18-13-5-1-12(2-6-13)17(22)21-14-7-3-11(4-8-14)15-9-20-10-16(15)19;/h1-8,15-16,20H,9-10H2,(H,21,22);1H. The van der Waals surface area contributed by atoms with Gasteiger partial charge in [-0.1, -0.05) is 23.7 Å². The Balaban J connectivity index is 0.00000192. The number of halogens is 3. The molecular formula is C17H17Cl2FN2O. The van der Waals surface area contributed by atoms with Gasteiger partial charge in [0.05, 0.1) is 0 Å². The molecule has 2 aromatic rings. The third kappa shape index (κ3) is 4.22. The highest BCUT2D eigenvalue weighted by Gasteiger charge is 2.27. The molecule has 1 aliphatic rings. The molecule has 0 saturated carbocycles. The fourth-order valence-corrected chi connectivity index (χ4v) is 2.72. The monoisotopic (exact) mass is 354 g/mol. The highest BCUT2D eigenvalue weighted by Crippen LogP contribution is 2.26. The molecule has 0 radical (unpaired) electrons. The van der Waals surface area contributed by atoms with Gasteiger partial charge in [0, 0.05) is 35.3 Å². The van der Waals surface area contributed by atoms with Gasteiger partial charge >= 0.3 is 0 Å². The Bertz CT molecular complexity index is 661. The summed E-state index contributed by atoms with van der Waals surface area (Å²) in [6.07, 6.45) is -0.852. The molecule has 6 heteroatoms. The van der Waals surface area contributed by atoms with Crippen molar-refractivity contribution in [2.75, 3.05) is 18.4 Å². The van der Waals surface area contributed by atoms with Crippen LogP contribution in [0.3, 0.4) is 0 Å². The Hall–Kier alpha value is -1.62. The minimum atomic E-state index is -0.852. The second-order valence-electron chi connectivity index (χ2n) is 5.36. The molecule has 1 saturated heterocycles. The number of benzene rings is 2. The number of alkyl halides is 1. The van der Waals surface area contributed by atoms with Crippen molar-refractivity contribution >= 4 is 35.6 Å². The molecular weight excluding hydrogens is 338 g/mol. The maximum atomic E-state index is 13.7. The molecule has 2 N–H and O–H groups in total. The van der Waals surface area contributed by atoms with Crippen LogP contribution in [0.5, 0.6) is 0 Å². The minimum absolute atomic E-state index is 0. The van der Waals surface area contributed by atoms with E-state index in [4.69, 9.17) is 11.6 Å². The van der Waals surface area contributed by atoms with Gasteiger partial charge in [0.2, 0.25) is 0 Å². The van der Waals surface area contributed by atoms with Gasteiger partial charge in [-0.25, -0.2) is 4.39 Å². The van der Waals surface area contributed by atoms with Crippen molar-refractivity contribution < 1.29 is 9.18 Å². The van der Waals surface area contributed by atoms with E-state index in [1.54, 1.807) is 36.4 Å². The summed E-state index contributed by atoms with van der Waals surface area (Å²) < 4.78 is 13.7. The lowest BCUT2D eigenvalue weighted by Crippen LogP contribution is -2.13. The number of anilines is 1. The number of hydrogen-bond donors (Lipinski definition) is 2. The summed E-state index contributed by atoms with van der Waals surface area (Å²) in [4.78, 5) is 12.1. The van der Waals surface area contributed by atoms with Crippen molar-refractivity contribution in [3.63, 3.8) is 0 Å². The Labute approximate surface area is 145 Å². The number of carbonyl (C=O) groups is 1. The molecule has 2 aromatic carbocycles. The maximum absolute atomic E-state index is 13.7. The van der Waals surface area contributed by atoms with Crippen molar-refractivity contribution in [3.05, 3.63) is 64.7 Å². The van der Waals surface area contributed by atoms with Gasteiger partial charge in [0.25, 0.3) is 5.91 Å². The minimum Gasteiger partial charge on any atom is -0.322 e. The van der Waals surface area contributed by atoms with Crippen LogP contribution in [0.25, 0.3) is 0 Å². The second-order valence-corrected chi connectivity index (χ2v) is 5.80. The van der Waals surface area contributed by atoms with Crippen LogP contribution in [-0.2, 0) is 0 Å². The fraction of sp³-hybridized carbons (Fsp3) is 0.235. The Morgan fingerprint density at radius 2 is 1.74 bits per heavy atom. The smallest absolute Gasteiger partial charge is 0.255 e. The van der Waals surface area contributed by atoms with E-state index in [0.717, 1.165) is 5.56 Å². The van der Waals surface area contributed by atoms with Gasteiger partial charge in [-0.2, -0.15) is 0 Å². The summed E-state index contributed by atoms with van der Waals surface area (Å²) in [5, 5.41) is 6.44.